The van der Waals surface area contributed by atoms with Crippen LogP contribution in [-0.4, -0.2) is 44.0 Å². The van der Waals surface area contributed by atoms with Crippen molar-refractivity contribution in [2.24, 2.45) is 0 Å². The first-order valence-corrected chi connectivity index (χ1v) is 9.53. The molecule has 0 unspecified atom stereocenters. The molecular weight excluding hydrogens is 354 g/mol. The Labute approximate surface area is 166 Å². The smallest absolute Gasteiger partial charge is 0.243 e. The summed E-state index contributed by atoms with van der Waals surface area (Å²) < 4.78 is 5.53. The van der Waals surface area contributed by atoms with E-state index in [0.717, 1.165) is 29.1 Å². The minimum absolute atomic E-state index is 0.101. The van der Waals surface area contributed by atoms with Crippen molar-refractivity contribution in [3.63, 3.8) is 0 Å². The molecule has 150 valence electrons. The molecule has 6 heteroatoms. The fourth-order valence-electron chi connectivity index (χ4n) is 2.55. The number of ether oxygens (including phenoxy) is 1. The SMILES string of the molecule is CCCOc1ccc(NC(=O)CNc2cccc(CCC(=O)N(C)C)c2)cc1. The zero-order valence-corrected chi connectivity index (χ0v) is 16.8. The number of rotatable bonds is 10. The Balaban J connectivity index is 1.80. The Hall–Kier alpha value is -3.02. The lowest BCUT2D eigenvalue weighted by atomic mass is 10.1. The molecule has 0 spiro atoms. The van der Waals surface area contributed by atoms with E-state index in [9.17, 15) is 9.59 Å². The first-order valence-electron chi connectivity index (χ1n) is 9.53. The first kappa shape index (κ1) is 21.3. The van der Waals surface area contributed by atoms with Crippen molar-refractivity contribution in [3.05, 3.63) is 54.1 Å². The van der Waals surface area contributed by atoms with Gasteiger partial charge in [-0.1, -0.05) is 19.1 Å². The molecule has 0 bridgehead atoms. The summed E-state index contributed by atoms with van der Waals surface area (Å²) in [5, 5.41) is 5.98. The van der Waals surface area contributed by atoms with Gasteiger partial charge in [-0.05, 0) is 54.8 Å². The predicted molar refractivity (Wildman–Crippen MR) is 113 cm³/mol. The summed E-state index contributed by atoms with van der Waals surface area (Å²) in [6, 6.07) is 15.1. The Kier molecular flexibility index (Phi) is 8.34. The molecule has 2 amide bonds. The van der Waals surface area contributed by atoms with Gasteiger partial charge in [-0.25, -0.2) is 0 Å². The van der Waals surface area contributed by atoms with Crippen LogP contribution in [0.2, 0.25) is 0 Å². The number of carbonyl (C=O) groups excluding carboxylic acids is 2. The number of amides is 2. The van der Waals surface area contributed by atoms with Gasteiger partial charge < -0.3 is 20.3 Å². The van der Waals surface area contributed by atoms with Gasteiger partial charge in [0, 0.05) is 31.9 Å². The first-order chi connectivity index (χ1) is 13.5. The predicted octanol–water partition coefficient (Wildman–Crippen LogP) is 3.55. The topological polar surface area (TPSA) is 70.7 Å². The number of anilines is 2. The lowest BCUT2D eigenvalue weighted by Crippen LogP contribution is -2.22. The number of nitrogens with one attached hydrogen (secondary N) is 2. The molecule has 28 heavy (non-hydrogen) atoms. The van der Waals surface area contributed by atoms with Gasteiger partial charge in [0.25, 0.3) is 0 Å². The third-order valence-corrected chi connectivity index (χ3v) is 4.12. The zero-order valence-electron chi connectivity index (χ0n) is 16.8. The molecule has 0 fully saturated rings. The molecular formula is C22H29N3O3. The van der Waals surface area contributed by atoms with E-state index in [0.29, 0.717) is 19.4 Å². The molecule has 0 radical (unpaired) electrons. The maximum Gasteiger partial charge on any atom is 0.243 e. The van der Waals surface area contributed by atoms with Crippen LogP contribution in [0.4, 0.5) is 11.4 Å². The van der Waals surface area contributed by atoms with Crippen LogP contribution in [-0.2, 0) is 16.0 Å². The number of carbonyl (C=O) groups is 2. The number of aryl methyl sites for hydroxylation is 1. The highest BCUT2D eigenvalue weighted by Gasteiger charge is 2.06. The van der Waals surface area contributed by atoms with E-state index in [1.165, 1.54) is 0 Å². The standard InChI is InChI=1S/C22H29N3O3/c1-4-14-28-20-11-9-18(10-12-20)24-21(26)16-23-19-7-5-6-17(15-19)8-13-22(27)25(2)3/h5-7,9-12,15,23H,4,8,13-14,16H2,1-3H3,(H,24,26). The third kappa shape index (κ3) is 7.31. The molecule has 0 aromatic heterocycles. The summed E-state index contributed by atoms with van der Waals surface area (Å²) in [4.78, 5) is 25.5. The molecule has 0 aliphatic rings. The van der Waals surface area contributed by atoms with Crippen LogP contribution in [0.3, 0.4) is 0 Å². The van der Waals surface area contributed by atoms with E-state index in [1.54, 1.807) is 19.0 Å². The van der Waals surface area contributed by atoms with Crippen molar-refractivity contribution in [1.82, 2.24) is 4.90 Å². The van der Waals surface area contributed by atoms with Crippen LogP contribution in [0.25, 0.3) is 0 Å². The molecule has 2 aromatic carbocycles. The minimum atomic E-state index is -0.129. The highest BCUT2D eigenvalue weighted by atomic mass is 16.5. The van der Waals surface area contributed by atoms with E-state index in [4.69, 9.17) is 4.74 Å². The molecule has 0 atom stereocenters. The highest BCUT2D eigenvalue weighted by Crippen LogP contribution is 2.16. The van der Waals surface area contributed by atoms with Gasteiger partial charge in [-0.2, -0.15) is 0 Å². The maximum atomic E-state index is 12.2. The molecule has 6 nitrogen and oxygen atoms in total. The van der Waals surface area contributed by atoms with Gasteiger partial charge in [0.05, 0.1) is 13.2 Å². The normalized spacial score (nSPS) is 10.2. The van der Waals surface area contributed by atoms with Gasteiger partial charge in [0.1, 0.15) is 5.75 Å². The Morgan fingerprint density at radius 3 is 2.46 bits per heavy atom. The van der Waals surface area contributed by atoms with E-state index in [-0.39, 0.29) is 18.4 Å². The van der Waals surface area contributed by atoms with Crippen molar-refractivity contribution in [3.8, 4) is 5.75 Å². The highest BCUT2D eigenvalue weighted by molar-refractivity contribution is 5.93. The van der Waals surface area contributed by atoms with E-state index in [2.05, 4.69) is 17.6 Å². The van der Waals surface area contributed by atoms with Crippen LogP contribution in [0.1, 0.15) is 25.3 Å². The van der Waals surface area contributed by atoms with E-state index < -0.39 is 0 Å². The molecule has 0 heterocycles. The lowest BCUT2D eigenvalue weighted by molar-refractivity contribution is -0.128. The largest absolute Gasteiger partial charge is 0.494 e. The summed E-state index contributed by atoms with van der Waals surface area (Å²) in [5.41, 5.74) is 2.64. The second-order valence-corrected chi connectivity index (χ2v) is 6.76. The lowest BCUT2D eigenvalue weighted by Gasteiger charge is -2.11. The van der Waals surface area contributed by atoms with Gasteiger partial charge >= 0.3 is 0 Å². The van der Waals surface area contributed by atoms with Crippen molar-refractivity contribution in [2.75, 3.05) is 37.9 Å². The average Bonchev–Trinajstić information content (AvgIpc) is 2.70. The molecule has 0 aliphatic heterocycles. The van der Waals surface area contributed by atoms with E-state index >= 15 is 0 Å². The fourth-order valence-corrected chi connectivity index (χ4v) is 2.55. The van der Waals surface area contributed by atoms with Crippen LogP contribution in [0.15, 0.2) is 48.5 Å². The summed E-state index contributed by atoms with van der Waals surface area (Å²) in [6.45, 7) is 2.90. The van der Waals surface area contributed by atoms with Crippen molar-refractivity contribution >= 4 is 23.2 Å². The second kappa shape index (κ2) is 11.0. The van der Waals surface area contributed by atoms with Crippen molar-refractivity contribution < 1.29 is 14.3 Å². The number of hydrogen-bond acceptors (Lipinski definition) is 4. The van der Waals surface area contributed by atoms with Gasteiger partial charge in [-0.3, -0.25) is 9.59 Å². The van der Waals surface area contributed by atoms with Crippen LogP contribution in [0, 0.1) is 0 Å². The van der Waals surface area contributed by atoms with Crippen molar-refractivity contribution in [2.45, 2.75) is 26.2 Å². The summed E-state index contributed by atoms with van der Waals surface area (Å²) in [6.07, 6.45) is 2.09. The molecule has 0 saturated heterocycles. The summed E-state index contributed by atoms with van der Waals surface area (Å²) in [7, 11) is 3.51. The number of benzene rings is 2. The van der Waals surface area contributed by atoms with Crippen LogP contribution in [0.5, 0.6) is 5.75 Å². The van der Waals surface area contributed by atoms with Gasteiger partial charge in [0.2, 0.25) is 11.8 Å². The van der Waals surface area contributed by atoms with E-state index in [1.807, 2.05) is 48.5 Å². The van der Waals surface area contributed by atoms with Crippen LogP contribution >= 0.6 is 0 Å². The molecule has 2 N–H and O–H groups in total. The monoisotopic (exact) mass is 383 g/mol. The zero-order chi connectivity index (χ0) is 20.4. The summed E-state index contributed by atoms with van der Waals surface area (Å²) in [5.74, 6) is 0.766. The minimum Gasteiger partial charge on any atom is -0.494 e. The number of nitrogens with zero attached hydrogens (tertiary/aromatic N) is 1. The molecule has 0 aliphatic carbocycles. The number of hydrogen-bond donors (Lipinski definition) is 2. The molecule has 0 saturated carbocycles. The Bertz CT molecular complexity index is 773. The molecule has 2 rings (SSSR count). The Morgan fingerprint density at radius 1 is 1.04 bits per heavy atom. The second-order valence-electron chi connectivity index (χ2n) is 6.76. The van der Waals surface area contributed by atoms with Gasteiger partial charge in [0.15, 0.2) is 0 Å². The van der Waals surface area contributed by atoms with Crippen LogP contribution < -0.4 is 15.4 Å². The fraction of sp³-hybridized carbons (Fsp3) is 0.364. The van der Waals surface area contributed by atoms with Crippen molar-refractivity contribution in [1.29, 1.82) is 0 Å². The molecule has 2 aromatic rings. The van der Waals surface area contributed by atoms with Gasteiger partial charge in [-0.15, -0.1) is 0 Å². The quantitative estimate of drug-likeness (QED) is 0.658. The summed E-state index contributed by atoms with van der Waals surface area (Å²) >= 11 is 0. The third-order valence-electron chi connectivity index (χ3n) is 4.12. The maximum absolute atomic E-state index is 12.2. The Morgan fingerprint density at radius 2 is 1.79 bits per heavy atom. The average molecular weight is 383 g/mol.